The number of hydrogen-bond acceptors (Lipinski definition) is 4. The Kier molecular flexibility index (Phi) is 3.97. The summed E-state index contributed by atoms with van der Waals surface area (Å²) in [7, 11) is 0. The molecule has 2 atom stereocenters. The Bertz CT molecular complexity index is 638. The van der Waals surface area contributed by atoms with Crippen molar-refractivity contribution in [1.29, 1.82) is 0 Å². The number of pyridine rings is 1. The second-order valence-corrected chi connectivity index (χ2v) is 5.81. The molecule has 2 heterocycles. The third-order valence-electron chi connectivity index (χ3n) is 4.39. The summed E-state index contributed by atoms with van der Waals surface area (Å²) < 4.78 is 0. The number of rotatable bonds is 3. The van der Waals surface area contributed by atoms with Gasteiger partial charge in [-0.05, 0) is 55.9 Å². The van der Waals surface area contributed by atoms with E-state index < -0.39 is 0 Å². The number of aromatic nitrogens is 3. The van der Waals surface area contributed by atoms with Gasteiger partial charge in [-0.3, -0.25) is 4.98 Å². The van der Waals surface area contributed by atoms with Crippen molar-refractivity contribution in [2.45, 2.75) is 51.5 Å². The standard InChI is InChI=1S/C17H22N4/c1-3-15-14(10-11(2)20-21-15)16(18)13-8-4-6-12-7-5-9-19-17(12)13/h5,7,9-10,13,16H,3-4,6,8,18H2,1-2H3. The summed E-state index contributed by atoms with van der Waals surface area (Å²) in [4.78, 5) is 4.61. The monoisotopic (exact) mass is 282 g/mol. The summed E-state index contributed by atoms with van der Waals surface area (Å²) in [5.74, 6) is 0.281. The molecule has 21 heavy (non-hydrogen) atoms. The first-order chi connectivity index (χ1) is 10.2. The van der Waals surface area contributed by atoms with E-state index in [-0.39, 0.29) is 12.0 Å². The normalized spacial score (nSPS) is 19.1. The van der Waals surface area contributed by atoms with Crippen LogP contribution in [0.1, 0.15) is 59.9 Å². The molecule has 2 N–H and O–H groups in total. The van der Waals surface area contributed by atoms with E-state index in [1.54, 1.807) is 0 Å². The van der Waals surface area contributed by atoms with Gasteiger partial charge >= 0.3 is 0 Å². The van der Waals surface area contributed by atoms with Crippen LogP contribution in [0.2, 0.25) is 0 Å². The van der Waals surface area contributed by atoms with E-state index in [9.17, 15) is 0 Å². The maximum absolute atomic E-state index is 6.62. The summed E-state index contributed by atoms with van der Waals surface area (Å²) in [6, 6.07) is 6.23. The molecule has 110 valence electrons. The molecule has 0 saturated heterocycles. The molecule has 2 aromatic rings. The number of nitrogens with two attached hydrogens (primary N) is 1. The van der Waals surface area contributed by atoms with Gasteiger partial charge in [-0.1, -0.05) is 13.0 Å². The smallest absolute Gasteiger partial charge is 0.0676 e. The molecule has 0 saturated carbocycles. The second kappa shape index (κ2) is 5.90. The zero-order valence-electron chi connectivity index (χ0n) is 12.7. The molecular formula is C17H22N4. The first-order valence-electron chi connectivity index (χ1n) is 7.73. The van der Waals surface area contributed by atoms with E-state index in [0.29, 0.717) is 0 Å². The van der Waals surface area contributed by atoms with Crippen molar-refractivity contribution < 1.29 is 0 Å². The van der Waals surface area contributed by atoms with E-state index in [0.717, 1.165) is 36.2 Å². The molecule has 4 nitrogen and oxygen atoms in total. The van der Waals surface area contributed by atoms with Gasteiger partial charge in [-0.15, -0.1) is 0 Å². The van der Waals surface area contributed by atoms with Crippen molar-refractivity contribution in [3.8, 4) is 0 Å². The molecular weight excluding hydrogens is 260 g/mol. The van der Waals surface area contributed by atoms with Crippen molar-refractivity contribution >= 4 is 0 Å². The van der Waals surface area contributed by atoms with Gasteiger partial charge in [0.05, 0.1) is 11.4 Å². The topological polar surface area (TPSA) is 64.7 Å². The first kappa shape index (κ1) is 14.1. The van der Waals surface area contributed by atoms with Crippen LogP contribution in [-0.2, 0) is 12.8 Å². The second-order valence-electron chi connectivity index (χ2n) is 5.81. The Morgan fingerprint density at radius 1 is 1.38 bits per heavy atom. The summed E-state index contributed by atoms with van der Waals surface area (Å²) in [5, 5.41) is 8.48. The molecule has 0 spiro atoms. The Hall–Kier alpha value is -1.81. The zero-order chi connectivity index (χ0) is 14.8. The van der Waals surface area contributed by atoms with Crippen LogP contribution in [0, 0.1) is 6.92 Å². The molecule has 2 aromatic heterocycles. The molecule has 0 fully saturated rings. The van der Waals surface area contributed by atoms with E-state index in [2.05, 4.69) is 34.2 Å². The van der Waals surface area contributed by atoms with Gasteiger partial charge in [0.25, 0.3) is 0 Å². The van der Waals surface area contributed by atoms with Crippen molar-refractivity contribution in [2.75, 3.05) is 0 Å². The van der Waals surface area contributed by atoms with Crippen LogP contribution in [0.3, 0.4) is 0 Å². The molecule has 1 aliphatic carbocycles. The Labute approximate surface area is 125 Å². The van der Waals surface area contributed by atoms with Crippen LogP contribution in [0.4, 0.5) is 0 Å². The Morgan fingerprint density at radius 2 is 2.24 bits per heavy atom. The zero-order valence-corrected chi connectivity index (χ0v) is 12.7. The van der Waals surface area contributed by atoms with E-state index in [1.165, 1.54) is 17.7 Å². The van der Waals surface area contributed by atoms with Crippen LogP contribution >= 0.6 is 0 Å². The lowest BCUT2D eigenvalue weighted by molar-refractivity contribution is 0.458. The highest BCUT2D eigenvalue weighted by Crippen LogP contribution is 2.38. The molecule has 0 aliphatic heterocycles. The average Bonchev–Trinajstić information content (AvgIpc) is 2.53. The van der Waals surface area contributed by atoms with Gasteiger partial charge < -0.3 is 5.73 Å². The lowest BCUT2D eigenvalue weighted by Crippen LogP contribution is -2.26. The van der Waals surface area contributed by atoms with Gasteiger partial charge in [0, 0.05) is 23.9 Å². The summed E-state index contributed by atoms with van der Waals surface area (Å²) >= 11 is 0. The highest BCUT2D eigenvalue weighted by molar-refractivity contribution is 5.33. The van der Waals surface area contributed by atoms with Gasteiger partial charge in [-0.2, -0.15) is 10.2 Å². The van der Waals surface area contributed by atoms with E-state index in [1.807, 2.05) is 19.2 Å². The van der Waals surface area contributed by atoms with Crippen molar-refractivity contribution in [3.63, 3.8) is 0 Å². The lowest BCUT2D eigenvalue weighted by atomic mass is 9.79. The highest BCUT2D eigenvalue weighted by Gasteiger charge is 2.29. The minimum atomic E-state index is -0.0527. The number of fused-ring (bicyclic) bond motifs is 1. The molecule has 2 unspecified atom stereocenters. The van der Waals surface area contributed by atoms with Gasteiger partial charge in [0.15, 0.2) is 0 Å². The number of aryl methyl sites for hydroxylation is 3. The summed E-state index contributed by atoms with van der Waals surface area (Å²) in [6.07, 6.45) is 6.12. The Balaban J connectivity index is 2.00. The molecule has 4 heteroatoms. The SMILES string of the molecule is CCc1nnc(C)cc1C(N)C1CCCc2cccnc21. The quantitative estimate of drug-likeness (QED) is 0.940. The fraction of sp³-hybridized carbons (Fsp3) is 0.471. The third kappa shape index (κ3) is 2.68. The van der Waals surface area contributed by atoms with Crippen LogP contribution < -0.4 is 5.73 Å². The van der Waals surface area contributed by atoms with Crippen molar-refractivity contribution in [2.24, 2.45) is 5.73 Å². The van der Waals surface area contributed by atoms with Crippen molar-refractivity contribution in [1.82, 2.24) is 15.2 Å². The third-order valence-corrected chi connectivity index (χ3v) is 4.39. The lowest BCUT2D eigenvalue weighted by Gasteiger charge is -2.30. The van der Waals surface area contributed by atoms with Gasteiger partial charge in [-0.25, -0.2) is 0 Å². The Morgan fingerprint density at radius 3 is 3.05 bits per heavy atom. The van der Waals surface area contributed by atoms with Gasteiger partial charge in [0.1, 0.15) is 0 Å². The van der Waals surface area contributed by atoms with Crippen LogP contribution in [0.5, 0.6) is 0 Å². The van der Waals surface area contributed by atoms with Crippen LogP contribution in [0.15, 0.2) is 24.4 Å². The fourth-order valence-corrected chi connectivity index (χ4v) is 3.31. The summed E-state index contributed by atoms with van der Waals surface area (Å²) in [5.41, 5.74) is 12.2. The molecule has 0 radical (unpaired) electrons. The molecule has 0 amide bonds. The van der Waals surface area contributed by atoms with E-state index in [4.69, 9.17) is 5.73 Å². The number of hydrogen-bond donors (Lipinski definition) is 1. The molecule has 0 bridgehead atoms. The fourth-order valence-electron chi connectivity index (χ4n) is 3.31. The minimum absolute atomic E-state index is 0.0527. The van der Waals surface area contributed by atoms with Crippen LogP contribution in [0.25, 0.3) is 0 Å². The maximum atomic E-state index is 6.62. The van der Waals surface area contributed by atoms with E-state index >= 15 is 0 Å². The molecule has 0 aromatic carbocycles. The predicted octanol–water partition coefficient (Wildman–Crippen LogP) is 2.86. The first-order valence-corrected chi connectivity index (χ1v) is 7.73. The molecule has 1 aliphatic rings. The number of nitrogens with zero attached hydrogens (tertiary/aromatic N) is 3. The summed E-state index contributed by atoms with van der Waals surface area (Å²) in [6.45, 7) is 4.07. The maximum Gasteiger partial charge on any atom is 0.0676 e. The van der Waals surface area contributed by atoms with Crippen LogP contribution in [-0.4, -0.2) is 15.2 Å². The average molecular weight is 282 g/mol. The van der Waals surface area contributed by atoms with Gasteiger partial charge in [0.2, 0.25) is 0 Å². The molecule has 3 rings (SSSR count). The predicted molar refractivity (Wildman–Crippen MR) is 83.0 cm³/mol. The largest absolute Gasteiger partial charge is 0.323 e. The highest BCUT2D eigenvalue weighted by atomic mass is 15.1. The minimum Gasteiger partial charge on any atom is -0.323 e. The van der Waals surface area contributed by atoms with Crippen molar-refractivity contribution in [3.05, 3.63) is 52.6 Å².